The molecular weight excluding hydrogens is 336 g/mol. The average Bonchev–Trinajstić information content (AvgIpc) is 3.09. The number of hydrogen-bond donors (Lipinski definition) is 2. The standard InChI is InChI=1S/C11H13BrN2O2S2/c12-8-2-1-3-9(6-8)18(15,16)14-10(11(13)17)7-4-5-7/h1-3,6-7,10,14H,4-5H2,(H2,13,17). The summed E-state index contributed by atoms with van der Waals surface area (Å²) in [4.78, 5) is 0.412. The van der Waals surface area contributed by atoms with Crippen molar-refractivity contribution in [1.82, 2.24) is 4.72 Å². The molecule has 1 aromatic carbocycles. The van der Waals surface area contributed by atoms with Crippen LogP contribution >= 0.6 is 28.1 Å². The summed E-state index contributed by atoms with van der Waals surface area (Å²) in [5, 5.41) is 0. The number of nitrogens with one attached hydrogen (secondary N) is 1. The third-order valence-corrected chi connectivity index (χ3v) is 4.97. The summed E-state index contributed by atoms with van der Waals surface area (Å²) in [5.41, 5.74) is 5.59. The summed E-state index contributed by atoms with van der Waals surface area (Å²) in [6.45, 7) is 0. The molecule has 0 aliphatic heterocycles. The lowest BCUT2D eigenvalue weighted by Crippen LogP contribution is -2.44. The number of benzene rings is 1. The molecule has 4 nitrogen and oxygen atoms in total. The van der Waals surface area contributed by atoms with E-state index in [1.54, 1.807) is 18.2 Å². The molecule has 1 saturated carbocycles. The highest BCUT2D eigenvalue weighted by atomic mass is 79.9. The molecule has 0 aromatic heterocycles. The van der Waals surface area contributed by atoms with Crippen molar-refractivity contribution >= 4 is 43.2 Å². The van der Waals surface area contributed by atoms with Crippen molar-refractivity contribution in [3.8, 4) is 0 Å². The Hall–Kier alpha value is -0.500. The highest BCUT2D eigenvalue weighted by Gasteiger charge is 2.36. The van der Waals surface area contributed by atoms with Gasteiger partial charge in [0.1, 0.15) is 0 Å². The van der Waals surface area contributed by atoms with Crippen molar-refractivity contribution in [3.05, 3.63) is 28.7 Å². The third-order valence-electron chi connectivity index (χ3n) is 2.79. The zero-order valence-corrected chi connectivity index (χ0v) is 12.7. The first-order chi connectivity index (χ1) is 8.40. The molecule has 1 aromatic rings. The Bertz CT molecular complexity index is 570. The van der Waals surface area contributed by atoms with Crippen molar-refractivity contribution in [2.45, 2.75) is 23.8 Å². The number of thiocarbonyl (C=S) groups is 1. The SMILES string of the molecule is NC(=S)C(NS(=O)(=O)c1cccc(Br)c1)C1CC1. The number of hydrogen-bond acceptors (Lipinski definition) is 3. The van der Waals surface area contributed by atoms with Gasteiger partial charge in [0.15, 0.2) is 0 Å². The second-order valence-electron chi connectivity index (χ2n) is 4.30. The minimum absolute atomic E-state index is 0.205. The van der Waals surface area contributed by atoms with Crippen LogP contribution in [0, 0.1) is 5.92 Å². The molecule has 1 atom stereocenters. The average molecular weight is 349 g/mol. The minimum Gasteiger partial charge on any atom is -0.392 e. The summed E-state index contributed by atoms with van der Waals surface area (Å²) < 4.78 is 27.7. The number of rotatable bonds is 5. The fourth-order valence-corrected chi connectivity index (χ4v) is 3.89. The van der Waals surface area contributed by atoms with Gasteiger partial charge >= 0.3 is 0 Å². The fourth-order valence-electron chi connectivity index (χ4n) is 1.69. The van der Waals surface area contributed by atoms with E-state index in [9.17, 15) is 8.42 Å². The molecule has 1 aliphatic carbocycles. The molecule has 0 spiro atoms. The van der Waals surface area contributed by atoms with Crippen LogP contribution in [0.5, 0.6) is 0 Å². The maximum atomic E-state index is 12.2. The van der Waals surface area contributed by atoms with E-state index in [0.29, 0.717) is 4.47 Å². The molecule has 1 aliphatic rings. The van der Waals surface area contributed by atoms with Crippen molar-refractivity contribution < 1.29 is 8.42 Å². The number of nitrogens with two attached hydrogens (primary N) is 1. The second-order valence-corrected chi connectivity index (χ2v) is 7.40. The normalized spacial score (nSPS) is 17.4. The van der Waals surface area contributed by atoms with Gasteiger partial charge in [0, 0.05) is 4.47 Å². The van der Waals surface area contributed by atoms with E-state index < -0.39 is 16.1 Å². The van der Waals surface area contributed by atoms with Gasteiger partial charge in [0.05, 0.1) is 15.9 Å². The Morgan fingerprint density at radius 3 is 2.67 bits per heavy atom. The molecule has 0 radical (unpaired) electrons. The zero-order chi connectivity index (χ0) is 13.3. The first-order valence-electron chi connectivity index (χ1n) is 5.47. The van der Waals surface area contributed by atoms with E-state index >= 15 is 0 Å². The van der Waals surface area contributed by atoms with E-state index in [4.69, 9.17) is 18.0 Å². The van der Waals surface area contributed by atoms with Gasteiger partial charge in [0.25, 0.3) is 0 Å². The van der Waals surface area contributed by atoms with Crippen molar-refractivity contribution in [1.29, 1.82) is 0 Å². The van der Waals surface area contributed by atoms with E-state index in [0.717, 1.165) is 12.8 Å². The topological polar surface area (TPSA) is 72.2 Å². The Balaban J connectivity index is 2.23. The molecule has 0 amide bonds. The molecule has 18 heavy (non-hydrogen) atoms. The molecule has 3 N–H and O–H groups in total. The van der Waals surface area contributed by atoms with Gasteiger partial charge in [-0.1, -0.05) is 34.2 Å². The third kappa shape index (κ3) is 3.28. The van der Waals surface area contributed by atoms with Crippen LogP contribution in [0.25, 0.3) is 0 Å². The van der Waals surface area contributed by atoms with Crippen LogP contribution in [0.1, 0.15) is 12.8 Å². The summed E-state index contributed by atoms with van der Waals surface area (Å²) >= 11 is 8.17. The lowest BCUT2D eigenvalue weighted by Gasteiger charge is -2.16. The number of sulfonamides is 1. The summed E-state index contributed by atoms with van der Waals surface area (Å²) in [7, 11) is -3.58. The zero-order valence-electron chi connectivity index (χ0n) is 9.47. The van der Waals surface area contributed by atoms with Crippen LogP contribution < -0.4 is 10.5 Å². The molecule has 98 valence electrons. The summed E-state index contributed by atoms with van der Waals surface area (Å²) in [5.74, 6) is 0.240. The number of halogens is 1. The predicted octanol–water partition coefficient (Wildman–Crippen LogP) is 1.79. The highest BCUT2D eigenvalue weighted by Crippen LogP contribution is 2.33. The van der Waals surface area contributed by atoms with Crippen LogP contribution in [0.4, 0.5) is 0 Å². The van der Waals surface area contributed by atoms with Crippen LogP contribution in [-0.2, 0) is 10.0 Å². The van der Waals surface area contributed by atoms with Gasteiger partial charge in [-0.2, -0.15) is 0 Å². The Kier molecular flexibility index (Phi) is 4.05. The van der Waals surface area contributed by atoms with Crippen LogP contribution in [-0.4, -0.2) is 19.4 Å². The van der Waals surface area contributed by atoms with Gasteiger partial charge in [0.2, 0.25) is 10.0 Å². The maximum absolute atomic E-state index is 12.2. The van der Waals surface area contributed by atoms with Gasteiger partial charge < -0.3 is 5.73 Å². The fraction of sp³-hybridized carbons (Fsp3) is 0.364. The molecule has 0 bridgehead atoms. The lowest BCUT2D eigenvalue weighted by molar-refractivity contribution is 0.565. The van der Waals surface area contributed by atoms with E-state index in [-0.39, 0.29) is 15.8 Å². The van der Waals surface area contributed by atoms with Gasteiger partial charge in [-0.15, -0.1) is 0 Å². The molecule has 0 heterocycles. The molecule has 7 heteroatoms. The summed E-state index contributed by atoms with van der Waals surface area (Å²) in [6.07, 6.45) is 1.92. The molecule has 0 saturated heterocycles. The highest BCUT2D eigenvalue weighted by molar-refractivity contribution is 9.10. The van der Waals surface area contributed by atoms with Crippen LogP contribution in [0.2, 0.25) is 0 Å². The van der Waals surface area contributed by atoms with Crippen molar-refractivity contribution in [2.75, 3.05) is 0 Å². The van der Waals surface area contributed by atoms with E-state index in [2.05, 4.69) is 20.7 Å². The molecule has 2 rings (SSSR count). The molecule has 1 fully saturated rings. The van der Waals surface area contributed by atoms with Crippen molar-refractivity contribution in [3.63, 3.8) is 0 Å². The maximum Gasteiger partial charge on any atom is 0.241 e. The lowest BCUT2D eigenvalue weighted by atomic mass is 10.2. The monoisotopic (exact) mass is 348 g/mol. The smallest absolute Gasteiger partial charge is 0.241 e. The van der Waals surface area contributed by atoms with Crippen LogP contribution in [0.3, 0.4) is 0 Å². The quantitative estimate of drug-likeness (QED) is 0.795. The van der Waals surface area contributed by atoms with Crippen molar-refractivity contribution in [2.24, 2.45) is 11.7 Å². The predicted molar refractivity (Wildman–Crippen MR) is 77.8 cm³/mol. The largest absolute Gasteiger partial charge is 0.392 e. The summed E-state index contributed by atoms with van der Waals surface area (Å²) in [6, 6.07) is 6.09. The van der Waals surface area contributed by atoms with Gasteiger partial charge in [-0.3, -0.25) is 0 Å². The molecule has 1 unspecified atom stereocenters. The molecular formula is C11H13BrN2O2S2. The Morgan fingerprint density at radius 2 is 2.17 bits per heavy atom. The van der Waals surface area contributed by atoms with E-state index in [1.165, 1.54) is 6.07 Å². The minimum atomic E-state index is -3.58. The Labute approximate surface area is 120 Å². The van der Waals surface area contributed by atoms with E-state index in [1.807, 2.05) is 0 Å². The Morgan fingerprint density at radius 1 is 1.50 bits per heavy atom. The van der Waals surface area contributed by atoms with Gasteiger partial charge in [-0.25, -0.2) is 13.1 Å². The second kappa shape index (κ2) is 5.24. The van der Waals surface area contributed by atoms with Crippen LogP contribution in [0.15, 0.2) is 33.6 Å². The first kappa shape index (κ1) is 13.9. The first-order valence-corrected chi connectivity index (χ1v) is 8.16. The van der Waals surface area contributed by atoms with Gasteiger partial charge in [-0.05, 0) is 37.0 Å².